The summed E-state index contributed by atoms with van der Waals surface area (Å²) in [5.74, 6) is 0.778. The molecule has 0 unspecified atom stereocenters. The second-order valence-corrected chi connectivity index (χ2v) is 7.56. The number of aromatic nitrogens is 3. The molecular weight excluding hydrogens is 354 g/mol. The lowest BCUT2D eigenvalue weighted by molar-refractivity contribution is -0.143. The predicted molar refractivity (Wildman–Crippen MR) is 106 cm³/mol. The molecule has 4 rings (SSSR count). The number of likely N-dealkylation sites (tertiary alicyclic amines) is 1. The van der Waals surface area contributed by atoms with Crippen LogP contribution >= 0.6 is 0 Å². The average molecular weight is 381 g/mol. The molecule has 1 aromatic carbocycles. The molecule has 1 saturated heterocycles. The number of benzene rings is 1. The number of aryl methyl sites for hydroxylation is 2. The zero-order chi connectivity index (χ0) is 19.5. The lowest BCUT2D eigenvalue weighted by Gasteiger charge is -2.24. The molecule has 3 heterocycles. The fourth-order valence-electron chi connectivity index (χ4n) is 4.29. The lowest BCUT2D eigenvalue weighted by atomic mass is 10.1. The van der Waals surface area contributed by atoms with Crippen molar-refractivity contribution in [3.63, 3.8) is 0 Å². The average Bonchev–Trinajstić information content (AvgIpc) is 3.28. The van der Waals surface area contributed by atoms with Crippen LogP contribution in [0.2, 0.25) is 0 Å². The van der Waals surface area contributed by atoms with E-state index >= 15 is 0 Å². The fraction of sp³-hybridized carbons (Fsp3) is 0.524. The summed E-state index contributed by atoms with van der Waals surface area (Å²) < 4.78 is 2.17. The number of hydrogen-bond acceptors (Lipinski definition) is 4. The van der Waals surface area contributed by atoms with Crippen LogP contribution in [0.3, 0.4) is 0 Å². The minimum Gasteiger partial charge on any atom is -0.324 e. The first-order chi connectivity index (χ1) is 13.7. The number of para-hydroxylation sites is 1. The van der Waals surface area contributed by atoms with Crippen LogP contribution < -0.4 is 5.32 Å². The summed E-state index contributed by atoms with van der Waals surface area (Å²) in [6, 6.07) is 7.43. The van der Waals surface area contributed by atoms with Gasteiger partial charge in [0.2, 0.25) is 0 Å². The minimum absolute atomic E-state index is 0.168. The Kier molecular flexibility index (Phi) is 5.41. The topological polar surface area (TPSA) is 80.1 Å². The van der Waals surface area contributed by atoms with Gasteiger partial charge in [-0.2, -0.15) is 0 Å². The highest BCUT2D eigenvalue weighted by Crippen LogP contribution is 2.32. The van der Waals surface area contributed by atoms with E-state index in [0.29, 0.717) is 12.2 Å². The maximum absolute atomic E-state index is 12.9. The SMILES string of the molecule is CCc1ccccc1NC(=O)C(=O)N1CCC[C@H]1c1nnc2n1CCCCC2. The second kappa shape index (κ2) is 8.12. The Morgan fingerprint density at radius 3 is 2.82 bits per heavy atom. The first kappa shape index (κ1) is 18.7. The largest absolute Gasteiger partial charge is 0.324 e. The third-order valence-electron chi connectivity index (χ3n) is 5.79. The van der Waals surface area contributed by atoms with E-state index in [9.17, 15) is 9.59 Å². The third-order valence-corrected chi connectivity index (χ3v) is 5.79. The van der Waals surface area contributed by atoms with Crippen molar-refractivity contribution in [3.05, 3.63) is 41.5 Å². The molecular formula is C21H27N5O2. The zero-order valence-corrected chi connectivity index (χ0v) is 16.4. The van der Waals surface area contributed by atoms with Gasteiger partial charge in [0.05, 0.1) is 6.04 Å². The molecule has 148 valence electrons. The second-order valence-electron chi connectivity index (χ2n) is 7.56. The maximum atomic E-state index is 12.9. The summed E-state index contributed by atoms with van der Waals surface area (Å²) >= 11 is 0. The number of nitrogens with one attached hydrogen (secondary N) is 1. The number of carbonyl (C=O) groups is 2. The van der Waals surface area contributed by atoms with Crippen LogP contribution in [0.5, 0.6) is 0 Å². The van der Waals surface area contributed by atoms with Gasteiger partial charge in [-0.15, -0.1) is 10.2 Å². The van der Waals surface area contributed by atoms with Crippen molar-refractivity contribution in [2.24, 2.45) is 0 Å². The van der Waals surface area contributed by atoms with Crippen molar-refractivity contribution in [2.75, 3.05) is 11.9 Å². The van der Waals surface area contributed by atoms with Gasteiger partial charge in [0, 0.05) is 25.2 Å². The molecule has 1 aromatic heterocycles. The summed E-state index contributed by atoms with van der Waals surface area (Å²) in [7, 11) is 0. The molecule has 0 radical (unpaired) electrons. The van der Waals surface area contributed by atoms with E-state index < -0.39 is 11.8 Å². The van der Waals surface area contributed by atoms with E-state index in [-0.39, 0.29) is 6.04 Å². The van der Waals surface area contributed by atoms with Gasteiger partial charge >= 0.3 is 11.8 Å². The van der Waals surface area contributed by atoms with E-state index in [1.54, 1.807) is 4.90 Å². The number of nitrogens with zero attached hydrogens (tertiary/aromatic N) is 4. The highest BCUT2D eigenvalue weighted by atomic mass is 16.2. The van der Waals surface area contributed by atoms with Crippen LogP contribution in [0, 0.1) is 0 Å². The van der Waals surface area contributed by atoms with Crippen molar-refractivity contribution in [3.8, 4) is 0 Å². The molecule has 2 aliphatic rings. The Morgan fingerprint density at radius 2 is 1.96 bits per heavy atom. The quantitative estimate of drug-likeness (QED) is 0.829. The highest BCUT2D eigenvalue weighted by Gasteiger charge is 2.37. The van der Waals surface area contributed by atoms with Crippen LogP contribution in [0.15, 0.2) is 24.3 Å². The molecule has 0 saturated carbocycles. The lowest BCUT2D eigenvalue weighted by Crippen LogP contribution is -2.40. The summed E-state index contributed by atoms with van der Waals surface area (Å²) in [5.41, 5.74) is 1.72. The van der Waals surface area contributed by atoms with Crippen molar-refractivity contribution >= 4 is 17.5 Å². The van der Waals surface area contributed by atoms with E-state index in [4.69, 9.17) is 0 Å². The number of amides is 2. The molecule has 7 nitrogen and oxygen atoms in total. The number of fused-ring (bicyclic) bond motifs is 1. The Balaban J connectivity index is 1.52. The molecule has 1 N–H and O–H groups in total. The molecule has 0 spiro atoms. The molecule has 2 aliphatic heterocycles. The minimum atomic E-state index is -0.580. The van der Waals surface area contributed by atoms with Crippen molar-refractivity contribution in [2.45, 2.75) is 64.5 Å². The van der Waals surface area contributed by atoms with Gasteiger partial charge in [0.1, 0.15) is 5.82 Å². The molecule has 1 atom stereocenters. The van der Waals surface area contributed by atoms with Crippen molar-refractivity contribution in [1.29, 1.82) is 0 Å². The summed E-state index contributed by atoms with van der Waals surface area (Å²) in [5, 5.41) is 11.6. The van der Waals surface area contributed by atoms with Gasteiger partial charge in [0.25, 0.3) is 0 Å². The summed E-state index contributed by atoms with van der Waals surface area (Å²) in [4.78, 5) is 27.3. The van der Waals surface area contributed by atoms with Gasteiger partial charge in [-0.3, -0.25) is 9.59 Å². The van der Waals surface area contributed by atoms with Gasteiger partial charge < -0.3 is 14.8 Å². The Bertz CT molecular complexity index is 875. The first-order valence-electron chi connectivity index (χ1n) is 10.3. The van der Waals surface area contributed by atoms with Crippen molar-refractivity contribution in [1.82, 2.24) is 19.7 Å². The summed E-state index contributed by atoms with van der Waals surface area (Å²) in [6.07, 6.45) is 6.85. The standard InChI is InChI=1S/C21H27N5O2/c1-2-15-9-5-6-10-16(15)22-20(27)21(28)25-14-8-11-17(25)19-24-23-18-12-4-3-7-13-26(18)19/h5-6,9-10,17H,2-4,7-8,11-14H2,1H3,(H,22,27)/t17-/m0/s1. The van der Waals surface area contributed by atoms with Gasteiger partial charge in [-0.25, -0.2) is 0 Å². The number of carbonyl (C=O) groups excluding carboxylic acids is 2. The van der Waals surface area contributed by atoms with Gasteiger partial charge in [-0.05, 0) is 43.7 Å². The number of hydrogen-bond donors (Lipinski definition) is 1. The molecule has 2 aromatic rings. The van der Waals surface area contributed by atoms with E-state index in [2.05, 4.69) is 20.1 Å². The van der Waals surface area contributed by atoms with E-state index in [1.165, 1.54) is 6.42 Å². The molecule has 0 bridgehead atoms. The van der Waals surface area contributed by atoms with E-state index in [1.807, 2.05) is 31.2 Å². The van der Waals surface area contributed by atoms with E-state index in [0.717, 1.165) is 62.3 Å². The first-order valence-corrected chi connectivity index (χ1v) is 10.3. The molecule has 7 heteroatoms. The Hall–Kier alpha value is -2.70. The monoisotopic (exact) mass is 381 g/mol. The Labute approximate surface area is 165 Å². The summed E-state index contributed by atoms with van der Waals surface area (Å²) in [6.45, 7) is 3.50. The van der Waals surface area contributed by atoms with Gasteiger partial charge in [-0.1, -0.05) is 31.5 Å². The van der Waals surface area contributed by atoms with Crippen molar-refractivity contribution < 1.29 is 9.59 Å². The molecule has 2 amide bonds. The zero-order valence-electron chi connectivity index (χ0n) is 16.4. The Morgan fingerprint density at radius 1 is 1.11 bits per heavy atom. The van der Waals surface area contributed by atoms with Crippen LogP contribution in [-0.4, -0.2) is 38.0 Å². The molecule has 0 aliphatic carbocycles. The van der Waals surface area contributed by atoms with Gasteiger partial charge in [0.15, 0.2) is 5.82 Å². The van der Waals surface area contributed by atoms with Crippen LogP contribution in [0.25, 0.3) is 0 Å². The molecule has 28 heavy (non-hydrogen) atoms. The predicted octanol–water partition coefficient (Wildman–Crippen LogP) is 2.87. The van der Waals surface area contributed by atoms with Crippen LogP contribution in [-0.2, 0) is 29.0 Å². The number of anilines is 1. The normalized spacial score (nSPS) is 19.2. The van der Waals surface area contributed by atoms with Crippen LogP contribution in [0.1, 0.15) is 62.3 Å². The number of rotatable bonds is 3. The maximum Gasteiger partial charge on any atom is 0.313 e. The van der Waals surface area contributed by atoms with Crippen LogP contribution in [0.4, 0.5) is 5.69 Å². The fourth-order valence-corrected chi connectivity index (χ4v) is 4.29. The molecule has 1 fully saturated rings. The third kappa shape index (κ3) is 3.53. The smallest absolute Gasteiger partial charge is 0.313 e. The highest BCUT2D eigenvalue weighted by molar-refractivity contribution is 6.39.